The summed E-state index contributed by atoms with van der Waals surface area (Å²) in [5.74, 6) is 2.67. The molecule has 2 aliphatic rings. The molecule has 1 aliphatic heterocycles. The number of hydrogen-bond donors (Lipinski definition) is 0. The highest BCUT2D eigenvalue weighted by atomic mass is 16.5. The Bertz CT molecular complexity index is 729. The first-order chi connectivity index (χ1) is 11.2. The summed E-state index contributed by atoms with van der Waals surface area (Å²) < 4.78 is 6.28. The van der Waals surface area contributed by atoms with Crippen molar-refractivity contribution in [2.45, 2.75) is 52.6 Å². The number of rotatable bonds is 3. The maximum atomic E-state index is 6.28. The molecule has 2 aromatic carbocycles. The second-order valence-electron chi connectivity index (χ2n) is 7.50. The van der Waals surface area contributed by atoms with Crippen molar-refractivity contribution in [3.63, 3.8) is 0 Å². The van der Waals surface area contributed by atoms with E-state index in [9.17, 15) is 0 Å². The van der Waals surface area contributed by atoms with E-state index in [1.54, 1.807) is 11.1 Å². The third-order valence-corrected chi connectivity index (χ3v) is 5.74. The quantitative estimate of drug-likeness (QED) is 0.734. The summed E-state index contributed by atoms with van der Waals surface area (Å²) >= 11 is 0. The minimum absolute atomic E-state index is 0.353. The van der Waals surface area contributed by atoms with Crippen molar-refractivity contribution < 1.29 is 4.74 Å². The summed E-state index contributed by atoms with van der Waals surface area (Å²) in [7, 11) is 0. The van der Waals surface area contributed by atoms with Crippen LogP contribution in [0.4, 0.5) is 0 Å². The Morgan fingerprint density at radius 1 is 0.957 bits per heavy atom. The van der Waals surface area contributed by atoms with E-state index in [1.165, 1.54) is 29.5 Å². The molecule has 1 nitrogen and oxygen atoms in total. The van der Waals surface area contributed by atoms with E-state index in [0.717, 1.165) is 30.4 Å². The van der Waals surface area contributed by atoms with Gasteiger partial charge in [0.15, 0.2) is 0 Å². The zero-order chi connectivity index (χ0) is 16.0. The number of hydrogen-bond acceptors (Lipinski definition) is 1. The predicted molar refractivity (Wildman–Crippen MR) is 96.0 cm³/mol. The van der Waals surface area contributed by atoms with Gasteiger partial charge in [-0.25, -0.2) is 0 Å². The Balaban J connectivity index is 1.78. The molecule has 0 saturated carbocycles. The van der Waals surface area contributed by atoms with Crippen LogP contribution in [0.5, 0.6) is 5.75 Å². The van der Waals surface area contributed by atoms with Gasteiger partial charge in [-0.3, -0.25) is 0 Å². The van der Waals surface area contributed by atoms with Crippen molar-refractivity contribution in [3.8, 4) is 16.9 Å². The van der Waals surface area contributed by atoms with Crippen molar-refractivity contribution in [1.82, 2.24) is 0 Å². The number of ether oxygens (including phenoxy) is 1. The SMILES string of the molecule is CCC1Cc2cccc(-c3cccc4c3CC(C(C)C)C4)c2O1. The van der Waals surface area contributed by atoms with Crippen LogP contribution in [0.1, 0.15) is 43.9 Å². The average Bonchev–Trinajstić information content (AvgIpc) is 3.17. The van der Waals surface area contributed by atoms with Crippen LogP contribution in [0, 0.1) is 11.8 Å². The Labute approximate surface area is 139 Å². The molecule has 2 aromatic rings. The van der Waals surface area contributed by atoms with E-state index in [4.69, 9.17) is 4.74 Å². The van der Waals surface area contributed by atoms with Crippen LogP contribution in [-0.4, -0.2) is 6.10 Å². The summed E-state index contributed by atoms with van der Waals surface area (Å²) in [4.78, 5) is 0. The van der Waals surface area contributed by atoms with Crippen LogP contribution in [0.15, 0.2) is 36.4 Å². The minimum atomic E-state index is 0.353. The fourth-order valence-electron chi connectivity index (χ4n) is 4.19. The maximum Gasteiger partial charge on any atom is 0.130 e. The van der Waals surface area contributed by atoms with Crippen LogP contribution in [0.2, 0.25) is 0 Å². The van der Waals surface area contributed by atoms with Crippen molar-refractivity contribution in [2.24, 2.45) is 11.8 Å². The highest BCUT2D eigenvalue weighted by Gasteiger charge is 2.29. The van der Waals surface area contributed by atoms with Crippen molar-refractivity contribution in [1.29, 1.82) is 0 Å². The predicted octanol–water partition coefficient (Wildman–Crippen LogP) is 5.44. The fourth-order valence-corrected chi connectivity index (χ4v) is 4.19. The summed E-state index contributed by atoms with van der Waals surface area (Å²) in [6.07, 6.45) is 4.93. The van der Waals surface area contributed by atoms with Gasteiger partial charge in [0.1, 0.15) is 11.9 Å². The minimum Gasteiger partial charge on any atom is -0.489 e. The van der Waals surface area contributed by atoms with Crippen molar-refractivity contribution >= 4 is 0 Å². The van der Waals surface area contributed by atoms with E-state index >= 15 is 0 Å². The molecular formula is C22H26O. The molecule has 0 amide bonds. The van der Waals surface area contributed by atoms with E-state index < -0.39 is 0 Å². The lowest BCUT2D eigenvalue weighted by atomic mass is 9.91. The molecule has 0 spiro atoms. The molecule has 0 aromatic heterocycles. The van der Waals surface area contributed by atoms with Gasteiger partial charge in [0, 0.05) is 12.0 Å². The Kier molecular flexibility index (Phi) is 3.67. The maximum absolute atomic E-state index is 6.28. The third kappa shape index (κ3) is 2.47. The highest BCUT2D eigenvalue weighted by molar-refractivity contribution is 5.77. The molecule has 23 heavy (non-hydrogen) atoms. The van der Waals surface area contributed by atoms with Gasteiger partial charge in [-0.05, 0) is 53.4 Å². The molecular weight excluding hydrogens is 280 g/mol. The Morgan fingerprint density at radius 2 is 1.70 bits per heavy atom. The van der Waals surface area contributed by atoms with E-state index in [2.05, 4.69) is 57.2 Å². The van der Waals surface area contributed by atoms with Gasteiger partial charge in [-0.15, -0.1) is 0 Å². The van der Waals surface area contributed by atoms with Gasteiger partial charge in [-0.2, -0.15) is 0 Å². The van der Waals surface area contributed by atoms with Gasteiger partial charge in [0.25, 0.3) is 0 Å². The van der Waals surface area contributed by atoms with Crippen LogP contribution in [0.25, 0.3) is 11.1 Å². The lowest BCUT2D eigenvalue weighted by Gasteiger charge is -2.15. The highest BCUT2D eigenvalue weighted by Crippen LogP contribution is 2.44. The molecule has 2 unspecified atom stereocenters. The first-order valence-electron chi connectivity index (χ1n) is 9.07. The van der Waals surface area contributed by atoms with Gasteiger partial charge >= 0.3 is 0 Å². The first kappa shape index (κ1) is 14.8. The molecule has 0 saturated heterocycles. The van der Waals surface area contributed by atoms with Crippen LogP contribution in [-0.2, 0) is 19.3 Å². The molecule has 120 valence electrons. The molecule has 0 fully saturated rings. The summed E-state index contributed by atoms with van der Waals surface area (Å²) in [6, 6.07) is 13.5. The van der Waals surface area contributed by atoms with E-state index in [-0.39, 0.29) is 0 Å². The lowest BCUT2D eigenvalue weighted by molar-refractivity contribution is 0.229. The molecule has 1 aliphatic carbocycles. The standard InChI is InChI=1S/C22H26O/c1-4-18-12-16-8-6-10-20(22(16)23-18)19-9-5-7-15-11-17(14(2)3)13-21(15)19/h5-10,14,17-18H,4,11-13H2,1-3H3. The second-order valence-corrected chi connectivity index (χ2v) is 7.50. The first-order valence-corrected chi connectivity index (χ1v) is 9.07. The monoisotopic (exact) mass is 306 g/mol. The van der Waals surface area contributed by atoms with Gasteiger partial charge in [0.05, 0.1) is 0 Å². The molecule has 2 atom stereocenters. The van der Waals surface area contributed by atoms with Crippen molar-refractivity contribution in [3.05, 3.63) is 53.1 Å². The smallest absolute Gasteiger partial charge is 0.130 e. The van der Waals surface area contributed by atoms with E-state index in [1.807, 2.05) is 0 Å². The third-order valence-electron chi connectivity index (χ3n) is 5.74. The second kappa shape index (κ2) is 5.70. The Morgan fingerprint density at radius 3 is 2.43 bits per heavy atom. The van der Waals surface area contributed by atoms with Crippen LogP contribution >= 0.6 is 0 Å². The van der Waals surface area contributed by atoms with Gasteiger partial charge < -0.3 is 4.74 Å². The number of para-hydroxylation sites is 1. The zero-order valence-electron chi connectivity index (χ0n) is 14.4. The lowest BCUT2D eigenvalue weighted by Crippen LogP contribution is -2.10. The van der Waals surface area contributed by atoms with Crippen LogP contribution in [0.3, 0.4) is 0 Å². The average molecular weight is 306 g/mol. The van der Waals surface area contributed by atoms with E-state index in [0.29, 0.717) is 6.10 Å². The zero-order valence-corrected chi connectivity index (χ0v) is 14.4. The topological polar surface area (TPSA) is 9.23 Å². The molecule has 1 heterocycles. The molecule has 4 rings (SSSR count). The normalized spacial score (nSPS) is 22.1. The molecule has 0 radical (unpaired) electrons. The summed E-state index contributed by atoms with van der Waals surface area (Å²) in [5, 5.41) is 0. The summed E-state index contributed by atoms with van der Waals surface area (Å²) in [6.45, 7) is 6.92. The largest absolute Gasteiger partial charge is 0.489 e. The summed E-state index contributed by atoms with van der Waals surface area (Å²) in [5.41, 5.74) is 7.19. The van der Waals surface area contributed by atoms with Gasteiger partial charge in [-0.1, -0.05) is 57.2 Å². The molecule has 0 N–H and O–H groups in total. The fraction of sp³-hybridized carbons (Fsp3) is 0.455. The molecule has 0 bridgehead atoms. The number of fused-ring (bicyclic) bond motifs is 2. The molecule has 1 heteroatoms. The van der Waals surface area contributed by atoms with Gasteiger partial charge in [0.2, 0.25) is 0 Å². The Hall–Kier alpha value is -1.76. The van der Waals surface area contributed by atoms with Crippen molar-refractivity contribution in [2.75, 3.05) is 0 Å². The number of benzene rings is 2. The van der Waals surface area contributed by atoms with Crippen LogP contribution < -0.4 is 4.74 Å².